The van der Waals surface area contributed by atoms with E-state index in [0.29, 0.717) is 6.42 Å². The Hall–Kier alpha value is -0.570. The van der Waals surface area contributed by atoms with Gasteiger partial charge in [0.05, 0.1) is 7.11 Å². The van der Waals surface area contributed by atoms with Crippen LogP contribution in [-0.2, 0) is 9.53 Å². The molecule has 3 nitrogen and oxygen atoms in total. The van der Waals surface area contributed by atoms with Gasteiger partial charge in [-0.15, -0.1) is 0 Å². The van der Waals surface area contributed by atoms with Gasteiger partial charge in [0.2, 0.25) is 0 Å². The molecule has 15 heavy (non-hydrogen) atoms. The monoisotopic (exact) mass is 213 g/mol. The van der Waals surface area contributed by atoms with Crippen LogP contribution in [0.25, 0.3) is 0 Å². The van der Waals surface area contributed by atoms with Crippen molar-refractivity contribution in [1.29, 1.82) is 0 Å². The molecule has 1 aliphatic carbocycles. The zero-order valence-electron chi connectivity index (χ0n) is 9.71. The van der Waals surface area contributed by atoms with Gasteiger partial charge in [-0.1, -0.05) is 32.1 Å². The van der Waals surface area contributed by atoms with Crippen LogP contribution in [0, 0.1) is 5.92 Å². The fraction of sp³-hybridized carbons (Fsp3) is 0.917. The first kappa shape index (κ1) is 12.5. The van der Waals surface area contributed by atoms with E-state index in [9.17, 15) is 4.79 Å². The van der Waals surface area contributed by atoms with Gasteiger partial charge in [0.1, 0.15) is 0 Å². The van der Waals surface area contributed by atoms with E-state index in [-0.39, 0.29) is 12.0 Å². The molecule has 1 saturated carbocycles. The van der Waals surface area contributed by atoms with Gasteiger partial charge in [0.15, 0.2) is 0 Å². The minimum Gasteiger partial charge on any atom is -0.469 e. The Labute approximate surface area is 92.4 Å². The molecular weight excluding hydrogens is 190 g/mol. The Morgan fingerprint density at radius 3 is 2.67 bits per heavy atom. The van der Waals surface area contributed by atoms with Crippen LogP contribution >= 0.6 is 0 Å². The lowest BCUT2D eigenvalue weighted by molar-refractivity contribution is -0.140. The van der Waals surface area contributed by atoms with Gasteiger partial charge in [0, 0.05) is 12.5 Å². The molecule has 2 N–H and O–H groups in total. The Kier molecular flexibility index (Phi) is 5.69. The Morgan fingerprint density at radius 2 is 2.07 bits per heavy atom. The first-order valence-electron chi connectivity index (χ1n) is 6.04. The Bertz CT molecular complexity index is 188. The molecule has 0 heterocycles. The molecule has 0 radical (unpaired) electrons. The highest BCUT2D eigenvalue weighted by atomic mass is 16.5. The van der Waals surface area contributed by atoms with Crippen molar-refractivity contribution in [3.05, 3.63) is 0 Å². The molecule has 1 aliphatic rings. The minimum atomic E-state index is -0.144. The Morgan fingerprint density at radius 1 is 1.40 bits per heavy atom. The smallest absolute Gasteiger partial charge is 0.305 e. The molecule has 0 aliphatic heterocycles. The van der Waals surface area contributed by atoms with E-state index < -0.39 is 0 Å². The zero-order valence-corrected chi connectivity index (χ0v) is 9.71. The van der Waals surface area contributed by atoms with Gasteiger partial charge in [-0.25, -0.2) is 0 Å². The Balaban J connectivity index is 2.11. The maximum absolute atomic E-state index is 10.9. The first-order chi connectivity index (χ1) is 7.22. The maximum atomic E-state index is 10.9. The third-order valence-corrected chi connectivity index (χ3v) is 3.31. The molecule has 3 heteroatoms. The van der Waals surface area contributed by atoms with Crippen molar-refractivity contribution in [2.45, 2.75) is 57.4 Å². The second kappa shape index (κ2) is 6.83. The molecule has 1 atom stereocenters. The number of ether oxygens (including phenoxy) is 1. The highest BCUT2D eigenvalue weighted by molar-refractivity contribution is 5.69. The zero-order chi connectivity index (χ0) is 11.1. The number of rotatable bonds is 5. The first-order valence-corrected chi connectivity index (χ1v) is 6.04. The van der Waals surface area contributed by atoms with E-state index >= 15 is 0 Å². The standard InChI is InChI=1S/C12H23NO2/c1-15-12(14)8-7-11(13)9-10-5-3-2-4-6-10/h10-11H,2-9,13H2,1H3. The number of nitrogens with two attached hydrogens (primary N) is 1. The van der Waals surface area contributed by atoms with Gasteiger partial charge < -0.3 is 10.5 Å². The van der Waals surface area contributed by atoms with E-state index in [2.05, 4.69) is 4.74 Å². The lowest BCUT2D eigenvalue weighted by Gasteiger charge is -2.24. The van der Waals surface area contributed by atoms with Crippen LogP contribution in [0.3, 0.4) is 0 Å². The predicted molar refractivity (Wildman–Crippen MR) is 60.4 cm³/mol. The number of hydrogen-bond donors (Lipinski definition) is 1. The van der Waals surface area contributed by atoms with Gasteiger partial charge in [0.25, 0.3) is 0 Å². The predicted octanol–water partition coefficient (Wildman–Crippen LogP) is 2.24. The molecule has 1 rings (SSSR count). The number of esters is 1. The van der Waals surface area contributed by atoms with Gasteiger partial charge in [-0.05, 0) is 18.8 Å². The molecule has 0 amide bonds. The van der Waals surface area contributed by atoms with Crippen LogP contribution in [0.2, 0.25) is 0 Å². The van der Waals surface area contributed by atoms with Crippen molar-refractivity contribution >= 4 is 5.97 Å². The molecule has 0 saturated heterocycles. The van der Waals surface area contributed by atoms with E-state index in [0.717, 1.165) is 18.8 Å². The molecule has 1 unspecified atom stereocenters. The summed E-state index contributed by atoms with van der Waals surface area (Å²) in [7, 11) is 1.43. The molecule has 0 aromatic heterocycles. The molecular formula is C12H23NO2. The number of carbonyl (C=O) groups excluding carboxylic acids is 1. The van der Waals surface area contributed by atoms with Crippen molar-refractivity contribution in [2.75, 3.05) is 7.11 Å². The summed E-state index contributed by atoms with van der Waals surface area (Å²) in [6.07, 6.45) is 9.05. The second-order valence-corrected chi connectivity index (χ2v) is 4.61. The van der Waals surface area contributed by atoms with Crippen molar-refractivity contribution in [2.24, 2.45) is 11.7 Å². The highest BCUT2D eigenvalue weighted by Gasteiger charge is 2.17. The summed E-state index contributed by atoms with van der Waals surface area (Å²) in [5.74, 6) is 0.653. The fourth-order valence-electron chi connectivity index (χ4n) is 2.37. The van der Waals surface area contributed by atoms with Crippen LogP contribution in [0.4, 0.5) is 0 Å². The normalized spacial score (nSPS) is 19.9. The summed E-state index contributed by atoms with van der Waals surface area (Å²) in [6, 6.07) is 0.173. The van der Waals surface area contributed by atoms with Crippen LogP contribution in [0.1, 0.15) is 51.4 Å². The summed E-state index contributed by atoms with van der Waals surface area (Å²) in [6.45, 7) is 0. The SMILES string of the molecule is COC(=O)CCC(N)CC1CCCCC1. The number of methoxy groups -OCH3 is 1. The van der Waals surface area contributed by atoms with Gasteiger partial charge in [-0.2, -0.15) is 0 Å². The van der Waals surface area contributed by atoms with Crippen LogP contribution in [-0.4, -0.2) is 19.1 Å². The van der Waals surface area contributed by atoms with Crippen LogP contribution in [0.5, 0.6) is 0 Å². The topological polar surface area (TPSA) is 52.3 Å². The van der Waals surface area contributed by atoms with E-state index in [4.69, 9.17) is 5.73 Å². The molecule has 0 aromatic carbocycles. The molecule has 0 spiro atoms. The lowest BCUT2D eigenvalue weighted by Crippen LogP contribution is -2.25. The minimum absolute atomic E-state index is 0.144. The number of carbonyl (C=O) groups is 1. The molecule has 88 valence electrons. The summed E-state index contributed by atoms with van der Waals surface area (Å²) in [5, 5.41) is 0. The summed E-state index contributed by atoms with van der Waals surface area (Å²) in [4.78, 5) is 10.9. The fourth-order valence-corrected chi connectivity index (χ4v) is 2.37. The van der Waals surface area contributed by atoms with Crippen molar-refractivity contribution in [3.8, 4) is 0 Å². The molecule has 1 fully saturated rings. The number of hydrogen-bond acceptors (Lipinski definition) is 3. The molecule has 0 bridgehead atoms. The average molecular weight is 213 g/mol. The maximum Gasteiger partial charge on any atom is 0.305 e. The van der Waals surface area contributed by atoms with Crippen LogP contribution < -0.4 is 5.73 Å². The van der Waals surface area contributed by atoms with Crippen molar-refractivity contribution in [1.82, 2.24) is 0 Å². The third-order valence-electron chi connectivity index (χ3n) is 3.31. The van der Waals surface area contributed by atoms with Gasteiger partial charge >= 0.3 is 5.97 Å². The third kappa shape index (κ3) is 5.17. The average Bonchev–Trinajstić information content (AvgIpc) is 2.27. The largest absolute Gasteiger partial charge is 0.469 e. The van der Waals surface area contributed by atoms with E-state index in [1.807, 2.05) is 0 Å². The van der Waals surface area contributed by atoms with E-state index in [1.54, 1.807) is 0 Å². The summed E-state index contributed by atoms with van der Waals surface area (Å²) >= 11 is 0. The van der Waals surface area contributed by atoms with E-state index in [1.165, 1.54) is 39.2 Å². The van der Waals surface area contributed by atoms with Crippen LogP contribution in [0.15, 0.2) is 0 Å². The van der Waals surface area contributed by atoms with Gasteiger partial charge in [-0.3, -0.25) is 4.79 Å². The van der Waals surface area contributed by atoms with Crippen molar-refractivity contribution in [3.63, 3.8) is 0 Å². The second-order valence-electron chi connectivity index (χ2n) is 4.61. The van der Waals surface area contributed by atoms with Crippen molar-refractivity contribution < 1.29 is 9.53 Å². The molecule has 0 aromatic rings. The highest BCUT2D eigenvalue weighted by Crippen LogP contribution is 2.27. The summed E-state index contributed by atoms with van der Waals surface area (Å²) < 4.78 is 4.60. The summed E-state index contributed by atoms with van der Waals surface area (Å²) in [5.41, 5.74) is 6.00. The lowest BCUT2D eigenvalue weighted by atomic mass is 9.84. The quantitative estimate of drug-likeness (QED) is 0.712.